The van der Waals surface area contributed by atoms with E-state index in [1.807, 2.05) is 6.92 Å². The van der Waals surface area contributed by atoms with Crippen LogP contribution in [0.2, 0.25) is 0 Å². The summed E-state index contributed by atoms with van der Waals surface area (Å²) >= 11 is 0. The van der Waals surface area contributed by atoms with E-state index in [1.54, 1.807) is 0 Å². The van der Waals surface area contributed by atoms with Crippen LogP contribution in [0, 0.1) is 0 Å². The molecule has 1 fully saturated rings. The van der Waals surface area contributed by atoms with Crippen molar-refractivity contribution in [2.24, 2.45) is 0 Å². The van der Waals surface area contributed by atoms with E-state index in [0.29, 0.717) is 13.0 Å². The minimum absolute atomic E-state index is 0.296. The third-order valence-corrected chi connectivity index (χ3v) is 3.43. The monoisotopic (exact) mass is 390 g/mol. The van der Waals surface area contributed by atoms with Gasteiger partial charge in [0, 0.05) is 34.3 Å². The summed E-state index contributed by atoms with van der Waals surface area (Å²) in [5, 5.41) is 0. The van der Waals surface area contributed by atoms with Crippen molar-refractivity contribution < 1.29 is 47.6 Å². The molecule has 0 aliphatic carbocycles. The molecule has 0 bridgehead atoms. The lowest BCUT2D eigenvalue weighted by atomic mass is 10.1. The van der Waals surface area contributed by atoms with E-state index in [2.05, 4.69) is 0 Å². The zero-order chi connectivity index (χ0) is 20.6. The van der Waals surface area contributed by atoms with Gasteiger partial charge in [0.05, 0.1) is 0 Å². The Hall–Kier alpha value is -2.20. The number of ether oxygens (including phenoxy) is 6. The van der Waals surface area contributed by atoms with E-state index in [-0.39, 0.29) is 6.61 Å². The van der Waals surface area contributed by atoms with Crippen LogP contribution >= 0.6 is 0 Å². The van der Waals surface area contributed by atoms with E-state index < -0.39 is 54.6 Å². The van der Waals surface area contributed by atoms with E-state index in [4.69, 9.17) is 28.4 Å². The van der Waals surface area contributed by atoms with Crippen LogP contribution in [0.3, 0.4) is 0 Å². The molecule has 5 unspecified atom stereocenters. The quantitative estimate of drug-likeness (QED) is 0.406. The lowest BCUT2D eigenvalue weighted by Crippen LogP contribution is -2.46. The summed E-state index contributed by atoms with van der Waals surface area (Å²) in [5.74, 6) is -2.53. The Bertz CT molecular complexity index is 546. The van der Waals surface area contributed by atoms with Crippen LogP contribution in [0.1, 0.15) is 41.0 Å². The SMILES string of the molecule is CCCOC1OC(C(COC(C)=O)OC(C)=O)C(OC(C)=O)C1OC(C)=O. The van der Waals surface area contributed by atoms with Crippen molar-refractivity contribution in [3.8, 4) is 0 Å². The fraction of sp³-hybridized carbons (Fsp3) is 0.765. The van der Waals surface area contributed by atoms with Gasteiger partial charge in [0.15, 0.2) is 24.6 Å². The molecule has 154 valence electrons. The third kappa shape index (κ3) is 7.51. The van der Waals surface area contributed by atoms with Gasteiger partial charge in [-0.2, -0.15) is 0 Å². The summed E-state index contributed by atoms with van der Waals surface area (Å²) in [4.78, 5) is 45.6. The van der Waals surface area contributed by atoms with Crippen molar-refractivity contribution >= 4 is 23.9 Å². The summed E-state index contributed by atoms with van der Waals surface area (Å²) in [6, 6.07) is 0. The lowest BCUT2D eigenvalue weighted by molar-refractivity contribution is -0.199. The van der Waals surface area contributed by atoms with Crippen LogP contribution in [0.5, 0.6) is 0 Å². The second-order valence-electron chi connectivity index (χ2n) is 5.94. The molecule has 1 aliphatic heterocycles. The van der Waals surface area contributed by atoms with Crippen molar-refractivity contribution in [2.45, 2.75) is 71.7 Å². The maximum Gasteiger partial charge on any atom is 0.303 e. The van der Waals surface area contributed by atoms with Gasteiger partial charge in [0.25, 0.3) is 0 Å². The Morgan fingerprint density at radius 2 is 1.48 bits per heavy atom. The average molecular weight is 390 g/mol. The maximum absolute atomic E-state index is 11.6. The molecule has 0 amide bonds. The molecule has 10 heteroatoms. The molecule has 0 radical (unpaired) electrons. The molecule has 0 spiro atoms. The van der Waals surface area contributed by atoms with Crippen molar-refractivity contribution in [1.82, 2.24) is 0 Å². The summed E-state index contributed by atoms with van der Waals surface area (Å²) < 4.78 is 31.9. The first-order chi connectivity index (χ1) is 12.6. The zero-order valence-electron chi connectivity index (χ0n) is 16.1. The molecule has 0 saturated carbocycles. The zero-order valence-corrected chi connectivity index (χ0v) is 16.1. The predicted octanol–water partition coefficient (Wildman–Crippen LogP) is 0.496. The Labute approximate surface area is 157 Å². The van der Waals surface area contributed by atoms with Gasteiger partial charge in [0.1, 0.15) is 12.7 Å². The largest absolute Gasteiger partial charge is 0.462 e. The molecule has 1 heterocycles. The maximum atomic E-state index is 11.6. The minimum atomic E-state index is -1.12. The van der Waals surface area contributed by atoms with Crippen molar-refractivity contribution in [3.05, 3.63) is 0 Å². The number of carbonyl (C=O) groups excluding carboxylic acids is 4. The summed E-state index contributed by atoms with van der Waals surface area (Å²) in [5.41, 5.74) is 0. The van der Waals surface area contributed by atoms with Gasteiger partial charge >= 0.3 is 23.9 Å². The normalized spacial score (nSPS) is 25.4. The van der Waals surface area contributed by atoms with Crippen molar-refractivity contribution in [1.29, 1.82) is 0 Å². The first-order valence-corrected chi connectivity index (χ1v) is 8.57. The van der Waals surface area contributed by atoms with E-state index in [0.717, 1.165) is 0 Å². The number of esters is 4. The van der Waals surface area contributed by atoms with E-state index in [1.165, 1.54) is 27.7 Å². The smallest absolute Gasteiger partial charge is 0.303 e. The average Bonchev–Trinajstić information content (AvgIpc) is 2.85. The van der Waals surface area contributed by atoms with Gasteiger partial charge in [-0.25, -0.2) is 0 Å². The standard InChI is InChI=1S/C17H26O10/c1-6-7-22-17-16(26-12(5)21)15(25-11(4)20)14(27-17)13(24-10(3)19)8-23-9(2)18/h13-17H,6-8H2,1-5H3. The van der Waals surface area contributed by atoms with Crippen LogP contribution in [0.25, 0.3) is 0 Å². The topological polar surface area (TPSA) is 124 Å². The number of hydrogen-bond donors (Lipinski definition) is 0. The fourth-order valence-corrected chi connectivity index (χ4v) is 2.57. The first kappa shape index (κ1) is 22.8. The molecule has 1 aliphatic rings. The Morgan fingerprint density at radius 1 is 0.889 bits per heavy atom. The molecule has 1 rings (SSSR count). The van der Waals surface area contributed by atoms with Gasteiger partial charge in [-0.05, 0) is 6.42 Å². The van der Waals surface area contributed by atoms with Crippen LogP contribution in [0.4, 0.5) is 0 Å². The highest BCUT2D eigenvalue weighted by atomic mass is 16.7. The molecule has 27 heavy (non-hydrogen) atoms. The van der Waals surface area contributed by atoms with E-state index >= 15 is 0 Å². The van der Waals surface area contributed by atoms with E-state index in [9.17, 15) is 19.2 Å². The molecule has 10 nitrogen and oxygen atoms in total. The number of rotatable bonds is 9. The highest BCUT2D eigenvalue weighted by molar-refractivity contribution is 5.68. The van der Waals surface area contributed by atoms with Gasteiger partial charge in [0.2, 0.25) is 0 Å². The Balaban J connectivity index is 3.14. The predicted molar refractivity (Wildman–Crippen MR) is 88.2 cm³/mol. The van der Waals surface area contributed by atoms with Crippen LogP contribution < -0.4 is 0 Å². The van der Waals surface area contributed by atoms with Crippen LogP contribution in [-0.2, 0) is 47.6 Å². The molecule has 0 aromatic heterocycles. The molecule has 0 N–H and O–H groups in total. The highest BCUT2D eigenvalue weighted by Gasteiger charge is 2.53. The number of carbonyl (C=O) groups is 4. The first-order valence-electron chi connectivity index (χ1n) is 8.57. The molecule has 5 atom stereocenters. The Morgan fingerprint density at radius 3 is 1.96 bits per heavy atom. The van der Waals surface area contributed by atoms with Gasteiger partial charge in [-0.15, -0.1) is 0 Å². The van der Waals surface area contributed by atoms with Gasteiger partial charge < -0.3 is 28.4 Å². The number of hydrogen-bond acceptors (Lipinski definition) is 10. The molecular weight excluding hydrogens is 364 g/mol. The summed E-state index contributed by atoms with van der Waals surface area (Å²) in [6.07, 6.45) is -4.73. The molecule has 1 saturated heterocycles. The fourth-order valence-electron chi connectivity index (χ4n) is 2.57. The third-order valence-electron chi connectivity index (χ3n) is 3.43. The summed E-state index contributed by atoms with van der Waals surface area (Å²) in [6.45, 7) is 6.57. The molecule has 0 aromatic carbocycles. The Kier molecular flexibility index (Phi) is 9.16. The highest BCUT2D eigenvalue weighted by Crippen LogP contribution is 2.31. The van der Waals surface area contributed by atoms with Crippen LogP contribution in [0.15, 0.2) is 0 Å². The minimum Gasteiger partial charge on any atom is -0.462 e. The second kappa shape index (κ2) is 10.8. The van der Waals surface area contributed by atoms with Gasteiger partial charge in [-0.3, -0.25) is 19.2 Å². The van der Waals surface area contributed by atoms with Gasteiger partial charge in [-0.1, -0.05) is 6.92 Å². The molecular formula is C17H26O10. The van der Waals surface area contributed by atoms with Crippen molar-refractivity contribution in [2.75, 3.05) is 13.2 Å². The molecule has 0 aromatic rings. The second-order valence-corrected chi connectivity index (χ2v) is 5.94. The van der Waals surface area contributed by atoms with Crippen LogP contribution in [-0.4, -0.2) is 67.8 Å². The van der Waals surface area contributed by atoms with Crippen molar-refractivity contribution in [3.63, 3.8) is 0 Å². The summed E-state index contributed by atoms with van der Waals surface area (Å²) in [7, 11) is 0. The lowest BCUT2D eigenvalue weighted by Gasteiger charge is -2.27.